The lowest BCUT2D eigenvalue weighted by Crippen LogP contribution is -2.37. The van der Waals surface area contributed by atoms with Gasteiger partial charge in [-0.25, -0.2) is 13.6 Å². The van der Waals surface area contributed by atoms with Crippen LogP contribution in [-0.2, 0) is 21.4 Å². The van der Waals surface area contributed by atoms with E-state index in [-0.39, 0.29) is 16.3 Å². The zero-order valence-electron chi connectivity index (χ0n) is 18.2. The van der Waals surface area contributed by atoms with Crippen molar-refractivity contribution < 1.29 is 22.8 Å². The second kappa shape index (κ2) is 9.05. The molecule has 2 amide bonds. The summed E-state index contributed by atoms with van der Waals surface area (Å²) in [6.45, 7) is 1.79. The van der Waals surface area contributed by atoms with Crippen LogP contribution in [0.1, 0.15) is 38.8 Å². The van der Waals surface area contributed by atoms with E-state index in [9.17, 15) is 22.8 Å². The zero-order valence-corrected chi connectivity index (χ0v) is 19.0. The number of rotatable bonds is 6. The molecule has 34 heavy (non-hydrogen) atoms. The van der Waals surface area contributed by atoms with Crippen molar-refractivity contribution in [3.05, 3.63) is 95.2 Å². The van der Waals surface area contributed by atoms with Crippen LogP contribution in [0.25, 0.3) is 16.7 Å². The van der Waals surface area contributed by atoms with E-state index in [1.54, 1.807) is 42.5 Å². The number of fused-ring (bicyclic) bond motifs is 1. The second-order valence-electron chi connectivity index (χ2n) is 7.77. The van der Waals surface area contributed by atoms with Gasteiger partial charge in [-0.05, 0) is 47.9 Å². The van der Waals surface area contributed by atoms with Crippen molar-refractivity contribution in [3.63, 3.8) is 0 Å². The number of sulfonamides is 1. The van der Waals surface area contributed by atoms with Crippen molar-refractivity contribution in [3.8, 4) is 11.1 Å². The molecule has 8 nitrogen and oxygen atoms in total. The molecule has 9 heteroatoms. The van der Waals surface area contributed by atoms with Gasteiger partial charge in [0, 0.05) is 29.4 Å². The molecular formula is C25H21N3O5S. The molecule has 0 aliphatic carbocycles. The van der Waals surface area contributed by atoms with Gasteiger partial charge < -0.3 is 5.32 Å². The summed E-state index contributed by atoms with van der Waals surface area (Å²) in [5.41, 5.74) is 3.77. The Balaban J connectivity index is 1.66. The minimum atomic E-state index is -3.78. The third kappa shape index (κ3) is 4.66. The molecule has 4 rings (SSSR count). The monoisotopic (exact) mass is 475 g/mol. The first-order valence-electron chi connectivity index (χ1n) is 10.3. The maximum atomic E-state index is 12.6. The average molecular weight is 476 g/mol. The maximum absolute atomic E-state index is 12.6. The van der Waals surface area contributed by atoms with Crippen molar-refractivity contribution >= 4 is 33.2 Å². The minimum absolute atomic E-state index is 0.00655. The van der Waals surface area contributed by atoms with Gasteiger partial charge in [-0.3, -0.25) is 19.7 Å². The molecule has 3 aromatic carbocycles. The average Bonchev–Trinajstić information content (AvgIpc) is 2.80. The summed E-state index contributed by atoms with van der Waals surface area (Å²) in [5.74, 6) is -1.14. The van der Waals surface area contributed by atoms with Crippen LogP contribution in [0.4, 0.5) is 0 Å². The summed E-state index contributed by atoms with van der Waals surface area (Å²) in [7, 11) is -3.78. The molecule has 4 N–H and O–H groups in total. The van der Waals surface area contributed by atoms with Gasteiger partial charge in [0.05, 0.1) is 10.5 Å². The predicted molar refractivity (Wildman–Crippen MR) is 127 cm³/mol. The summed E-state index contributed by atoms with van der Waals surface area (Å²) in [6, 6.07) is 18.3. The molecule has 0 fully saturated rings. The number of amides is 2. The normalized spacial score (nSPS) is 14.5. The van der Waals surface area contributed by atoms with Crippen molar-refractivity contribution in [2.75, 3.05) is 0 Å². The molecule has 0 bridgehead atoms. The summed E-state index contributed by atoms with van der Waals surface area (Å²) < 4.78 is 22.8. The van der Waals surface area contributed by atoms with Crippen LogP contribution in [0.15, 0.2) is 77.8 Å². The van der Waals surface area contributed by atoms with Gasteiger partial charge in [-0.2, -0.15) is 0 Å². The zero-order chi connectivity index (χ0) is 24.5. The summed E-state index contributed by atoms with van der Waals surface area (Å²) in [4.78, 5) is 37.1. The highest BCUT2D eigenvalue weighted by Crippen LogP contribution is 2.31. The number of nitrogens with one attached hydrogen (secondary N) is 2. The highest BCUT2D eigenvalue weighted by atomic mass is 32.2. The molecule has 0 saturated heterocycles. The minimum Gasteiger partial charge on any atom is -0.386 e. The van der Waals surface area contributed by atoms with Crippen molar-refractivity contribution in [1.82, 2.24) is 10.6 Å². The van der Waals surface area contributed by atoms with Gasteiger partial charge in [0.1, 0.15) is 0 Å². The largest absolute Gasteiger partial charge is 0.386 e. The summed E-state index contributed by atoms with van der Waals surface area (Å²) >= 11 is 0. The molecule has 172 valence electrons. The van der Waals surface area contributed by atoms with E-state index in [0.29, 0.717) is 34.4 Å². The maximum Gasteiger partial charge on any atom is 0.260 e. The second-order valence-corrected chi connectivity index (χ2v) is 9.33. The number of ketones is 1. The molecule has 0 unspecified atom stereocenters. The fraction of sp³-hybridized carbons (Fsp3) is 0.0800. The Morgan fingerprint density at radius 1 is 0.941 bits per heavy atom. The summed E-state index contributed by atoms with van der Waals surface area (Å²) in [5, 5.41) is 10.5. The topological polar surface area (TPSA) is 135 Å². The van der Waals surface area contributed by atoms with Crippen molar-refractivity contribution in [1.29, 1.82) is 0 Å². The van der Waals surface area contributed by atoms with Crippen LogP contribution < -0.4 is 15.8 Å². The number of carbonyl (C=O) groups is 3. The SMILES string of the molecule is CC(=O)c1ccccc1-c1ccc2c(c1)C(=CNCc1ccc(S(N)(=O)=O)cc1)C(=O)NC2=O. The van der Waals surface area contributed by atoms with E-state index in [0.717, 1.165) is 5.56 Å². The van der Waals surface area contributed by atoms with Crippen LogP contribution in [0.2, 0.25) is 0 Å². The van der Waals surface area contributed by atoms with E-state index in [4.69, 9.17) is 5.14 Å². The molecule has 0 aromatic heterocycles. The molecule has 0 spiro atoms. The fourth-order valence-corrected chi connectivity index (χ4v) is 4.26. The Hall–Kier alpha value is -4.08. The quantitative estimate of drug-likeness (QED) is 0.285. The van der Waals surface area contributed by atoms with Crippen LogP contribution in [0.5, 0.6) is 0 Å². The molecule has 1 aliphatic heterocycles. The summed E-state index contributed by atoms with van der Waals surface area (Å²) in [6.07, 6.45) is 1.51. The number of imide groups is 1. The van der Waals surface area contributed by atoms with E-state index in [1.165, 1.54) is 25.3 Å². The van der Waals surface area contributed by atoms with E-state index in [1.807, 2.05) is 12.1 Å². The molecule has 0 radical (unpaired) electrons. The van der Waals surface area contributed by atoms with Gasteiger partial charge in [0.15, 0.2) is 5.78 Å². The molecule has 0 atom stereocenters. The number of carbonyl (C=O) groups excluding carboxylic acids is 3. The Morgan fingerprint density at radius 2 is 1.65 bits per heavy atom. The smallest absolute Gasteiger partial charge is 0.260 e. The first-order valence-corrected chi connectivity index (χ1v) is 11.9. The van der Waals surface area contributed by atoms with Gasteiger partial charge in [0.2, 0.25) is 10.0 Å². The Labute approximate surface area is 196 Å². The lowest BCUT2D eigenvalue weighted by atomic mass is 9.89. The standard InChI is InChI=1S/C25H21N3O5S/c1-15(29)19-4-2-3-5-20(19)17-8-11-21-22(12-17)23(25(31)28-24(21)30)14-27-13-16-6-9-18(10-7-16)34(26,32)33/h2-12,14,27H,13H2,1H3,(H2,26,32,33)(H,28,30,31). The molecule has 0 saturated carbocycles. The van der Waals surface area contributed by atoms with E-state index >= 15 is 0 Å². The molecule has 1 aliphatic rings. The first-order chi connectivity index (χ1) is 16.1. The first kappa shape index (κ1) is 23.1. The number of hydrogen-bond acceptors (Lipinski definition) is 6. The predicted octanol–water partition coefficient (Wildman–Crippen LogP) is 2.60. The van der Waals surface area contributed by atoms with Gasteiger partial charge in [-0.1, -0.05) is 42.5 Å². The number of primary sulfonamides is 1. The molecule has 3 aromatic rings. The third-order valence-corrected chi connectivity index (χ3v) is 6.38. The number of hydrogen-bond donors (Lipinski definition) is 3. The molecule has 1 heterocycles. The van der Waals surface area contributed by atoms with Crippen LogP contribution in [-0.4, -0.2) is 26.0 Å². The Morgan fingerprint density at radius 3 is 2.32 bits per heavy atom. The number of Topliss-reactive ketones (excluding diaryl/α,β-unsaturated/α-hetero) is 1. The van der Waals surface area contributed by atoms with Gasteiger partial charge in [0.25, 0.3) is 11.8 Å². The Bertz CT molecular complexity index is 1460. The van der Waals surface area contributed by atoms with Crippen molar-refractivity contribution in [2.45, 2.75) is 18.4 Å². The van der Waals surface area contributed by atoms with Gasteiger partial charge >= 0.3 is 0 Å². The number of nitrogens with two attached hydrogens (primary N) is 1. The lowest BCUT2D eigenvalue weighted by molar-refractivity contribution is -0.114. The number of benzene rings is 3. The van der Waals surface area contributed by atoms with Crippen LogP contribution in [0.3, 0.4) is 0 Å². The highest BCUT2D eigenvalue weighted by molar-refractivity contribution is 7.89. The van der Waals surface area contributed by atoms with Crippen molar-refractivity contribution in [2.24, 2.45) is 5.14 Å². The van der Waals surface area contributed by atoms with E-state index < -0.39 is 21.8 Å². The third-order valence-electron chi connectivity index (χ3n) is 5.45. The highest BCUT2D eigenvalue weighted by Gasteiger charge is 2.28. The van der Waals surface area contributed by atoms with Crippen LogP contribution >= 0.6 is 0 Å². The lowest BCUT2D eigenvalue weighted by Gasteiger charge is -2.20. The van der Waals surface area contributed by atoms with E-state index in [2.05, 4.69) is 10.6 Å². The molecular weight excluding hydrogens is 454 g/mol. The Kier molecular flexibility index (Phi) is 6.14. The van der Waals surface area contributed by atoms with Gasteiger partial charge in [-0.15, -0.1) is 0 Å². The van der Waals surface area contributed by atoms with Crippen LogP contribution in [0, 0.1) is 0 Å². The fourth-order valence-electron chi connectivity index (χ4n) is 3.75.